The van der Waals surface area contributed by atoms with Gasteiger partial charge in [-0.3, -0.25) is 9.59 Å². The molecule has 2 aromatic carbocycles. The van der Waals surface area contributed by atoms with Gasteiger partial charge in [0.1, 0.15) is 11.1 Å². The number of carboxylic acids is 1. The smallest absolute Gasteiger partial charge is 0.341 e. The van der Waals surface area contributed by atoms with Crippen molar-refractivity contribution in [3.05, 3.63) is 86.3 Å². The maximum Gasteiger partial charge on any atom is 0.341 e. The zero-order valence-corrected chi connectivity index (χ0v) is 13.7. The molecule has 0 radical (unpaired) electrons. The molecule has 2 aromatic heterocycles. The Kier molecular flexibility index (Phi) is 3.47. The van der Waals surface area contributed by atoms with Crippen molar-refractivity contribution in [3.8, 4) is 5.69 Å². The minimum absolute atomic E-state index is 0.0209. The van der Waals surface area contributed by atoms with E-state index < -0.39 is 17.1 Å². The maximum atomic E-state index is 12.8. The minimum atomic E-state index is -1.40. The van der Waals surface area contributed by atoms with Gasteiger partial charge in [0.25, 0.3) is 5.56 Å². The van der Waals surface area contributed by atoms with E-state index in [2.05, 4.69) is 0 Å². The van der Waals surface area contributed by atoms with Crippen molar-refractivity contribution in [1.29, 1.82) is 0 Å². The molecule has 0 fully saturated rings. The first-order valence-electron chi connectivity index (χ1n) is 7.89. The summed E-state index contributed by atoms with van der Waals surface area (Å²) in [6.07, 6.45) is 0. The summed E-state index contributed by atoms with van der Waals surface area (Å²) in [5.74, 6) is -1.40. The highest BCUT2D eigenvalue weighted by Crippen LogP contribution is 2.21. The fourth-order valence-corrected chi connectivity index (χ4v) is 2.94. The molecule has 4 aromatic rings. The lowest BCUT2D eigenvalue weighted by Gasteiger charge is -2.11. The molecule has 128 valence electrons. The Morgan fingerprint density at radius 3 is 2.38 bits per heavy atom. The Balaban J connectivity index is 2.26. The van der Waals surface area contributed by atoms with Crippen molar-refractivity contribution in [2.24, 2.45) is 0 Å². The molecule has 1 N–H and O–H groups in total. The summed E-state index contributed by atoms with van der Waals surface area (Å²) in [6.45, 7) is 1.89. The van der Waals surface area contributed by atoms with Crippen LogP contribution >= 0.6 is 0 Å². The van der Waals surface area contributed by atoms with Crippen LogP contribution in [0.1, 0.15) is 15.9 Å². The lowest BCUT2D eigenvalue weighted by Crippen LogP contribution is -2.27. The van der Waals surface area contributed by atoms with Gasteiger partial charge < -0.3 is 9.52 Å². The first kappa shape index (κ1) is 15.8. The number of aryl methyl sites for hydroxylation is 1. The van der Waals surface area contributed by atoms with E-state index in [9.17, 15) is 19.5 Å². The predicted molar refractivity (Wildman–Crippen MR) is 97.3 cm³/mol. The molecule has 0 bridgehead atoms. The zero-order chi connectivity index (χ0) is 18.4. The Morgan fingerprint density at radius 2 is 1.69 bits per heavy atom. The number of hydrogen-bond donors (Lipinski definition) is 1. The average molecular weight is 347 g/mol. The molecule has 0 saturated carbocycles. The second-order valence-electron chi connectivity index (χ2n) is 5.99. The molecule has 2 heterocycles. The second-order valence-corrected chi connectivity index (χ2v) is 5.99. The summed E-state index contributed by atoms with van der Waals surface area (Å²) in [5.41, 5.74) is 0.124. The number of fused-ring (bicyclic) bond motifs is 2. The van der Waals surface area contributed by atoms with Crippen LogP contribution in [0.4, 0.5) is 0 Å². The van der Waals surface area contributed by atoms with E-state index in [1.165, 1.54) is 0 Å². The maximum absolute atomic E-state index is 12.8. The Labute approximate surface area is 146 Å². The quantitative estimate of drug-likeness (QED) is 0.563. The van der Waals surface area contributed by atoms with E-state index in [1.54, 1.807) is 48.5 Å². The molecule has 0 aliphatic rings. The summed E-state index contributed by atoms with van der Waals surface area (Å²) >= 11 is 0. The standard InChI is InChI=1S/C20H13NO5/c1-11-6-8-12(9-7-11)21-18(23)15(20(24)25)10-14-17(22)13-4-2-3-5-16(13)26-19(14)21/h2-10H,1H3,(H,24,25). The summed E-state index contributed by atoms with van der Waals surface area (Å²) in [5, 5.41) is 9.77. The predicted octanol–water partition coefficient (Wildman–Crippen LogP) is 3.10. The van der Waals surface area contributed by atoms with E-state index in [1.807, 2.05) is 6.92 Å². The number of benzene rings is 2. The van der Waals surface area contributed by atoms with Gasteiger partial charge in [-0.2, -0.15) is 0 Å². The van der Waals surface area contributed by atoms with Crippen molar-refractivity contribution in [1.82, 2.24) is 4.57 Å². The number of pyridine rings is 1. The summed E-state index contributed by atoms with van der Waals surface area (Å²) < 4.78 is 6.96. The van der Waals surface area contributed by atoms with Gasteiger partial charge in [0.15, 0.2) is 0 Å². The molecule has 26 heavy (non-hydrogen) atoms. The Hall–Kier alpha value is -3.67. The lowest BCUT2D eigenvalue weighted by atomic mass is 10.1. The van der Waals surface area contributed by atoms with Crippen molar-refractivity contribution >= 4 is 28.0 Å². The average Bonchev–Trinajstić information content (AvgIpc) is 2.62. The van der Waals surface area contributed by atoms with Gasteiger partial charge in [0, 0.05) is 0 Å². The van der Waals surface area contributed by atoms with E-state index in [-0.39, 0.29) is 16.5 Å². The third kappa shape index (κ3) is 2.31. The van der Waals surface area contributed by atoms with Crippen molar-refractivity contribution < 1.29 is 14.3 Å². The van der Waals surface area contributed by atoms with Crippen LogP contribution in [0.3, 0.4) is 0 Å². The van der Waals surface area contributed by atoms with Gasteiger partial charge in [-0.1, -0.05) is 29.8 Å². The molecule has 0 aliphatic carbocycles. The van der Waals surface area contributed by atoms with Crippen LogP contribution in [0.25, 0.3) is 27.8 Å². The highest BCUT2D eigenvalue weighted by Gasteiger charge is 2.20. The third-order valence-electron chi connectivity index (χ3n) is 4.26. The number of hydrogen-bond acceptors (Lipinski definition) is 4. The fourth-order valence-electron chi connectivity index (χ4n) is 2.94. The molecule has 6 nitrogen and oxygen atoms in total. The van der Waals surface area contributed by atoms with Gasteiger partial charge in [-0.25, -0.2) is 9.36 Å². The van der Waals surface area contributed by atoms with Crippen LogP contribution in [0.5, 0.6) is 0 Å². The number of carbonyl (C=O) groups is 1. The SMILES string of the molecule is Cc1ccc(-n2c(=O)c(C(=O)O)cc3c(=O)c4ccccc4oc32)cc1. The minimum Gasteiger partial charge on any atom is -0.477 e. The van der Waals surface area contributed by atoms with Gasteiger partial charge >= 0.3 is 5.97 Å². The van der Waals surface area contributed by atoms with Gasteiger partial charge in [-0.05, 0) is 37.3 Å². The molecule has 0 saturated heterocycles. The van der Waals surface area contributed by atoms with Crippen molar-refractivity contribution in [3.63, 3.8) is 0 Å². The number of nitrogens with zero attached hydrogens (tertiary/aromatic N) is 1. The topological polar surface area (TPSA) is 89.5 Å². The first-order chi connectivity index (χ1) is 12.5. The number of rotatable bonds is 2. The van der Waals surface area contributed by atoms with Gasteiger partial charge in [0.05, 0.1) is 16.5 Å². The fraction of sp³-hybridized carbons (Fsp3) is 0.0500. The number of aromatic nitrogens is 1. The zero-order valence-electron chi connectivity index (χ0n) is 13.7. The molecule has 0 amide bonds. The van der Waals surface area contributed by atoms with Crippen LogP contribution in [0, 0.1) is 6.92 Å². The number of para-hydroxylation sites is 1. The van der Waals surface area contributed by atoms with E-state index in [4.69, 9.17) is 4.42 Å². The van der Waals surface area contributed by atoms with Crippen LogP contribution in [-0.4, -0.2) is 15.6 Å². The molecule has 6 heteroatoms. The third-order valence-corrected chi connectivity index (χ3v) is 4.26. The number of carboxylic acid groups (broad SMARTS) is 1. The monoisotopic (exact) mass is 347 g/mol. The van der Waals surface area contributed by atoms with Crippen LogP contribution in [0.15, 0.2) is 68.6 Å². The Bertz CT molecular complexity index is 1300. The van der Waals surface area contributed by atoms with Crippen molar-refractivity contribution in [2.75, 3.05) is 0 Å². The molecule has 0 aliphatic heterocycles. The highest BCUT2D eigenvalue weighted by atomic mass is 16.4. The van der Waals surface area contributed by atoms with Crippen LogP contribution < -0.4 is 11.0 Å². The molecule has 0 unspecified atom stereocenters. The second kappa shape index (κ2) is 5.70. The molecular weight excluding hydrogens is 334 g/mol. The van der Waals surface area contributed by atoms with E-state index in [0.29, 0.717) is 16.7 Å². The Morgan fingerprint density at radius 1 is 1.00 bits per heavy atom. The largest absolute Gasteiger partial charge is 0.477 e. The summed E-state index contributed by atoms with van der Waals surface area (Å²) in [7, 11) is 0. The molecule has 0 atom stereocenters. The summed E-state index contributed by atoms with van der Waals surface area (Å²) in [4.78, 5) is 37.2. The number of aromatic carboxylic acids is 1. The van der Waals surface area contributed by atoms with Crippen LogP contribution in [0.2, 0.25) is 0 Å². The molecule has 0 spiro atoms. The summed E-state index contributed by atoms with van der Waals surface area (Å²) in [6, 6.07) is 14.7. The van der Waals surface area contributed by atoms with E-state index >= 15 is 0 Å². The lowest BCUT2D eigenvalue weighted by molar-refractivity contribution is 0.0695. The first-order valence-corrected chi connectivity index (χ1v) is 7.89. The van der Waals surface area contributed by atoms with E-state index in [0.717, 1.165) is 16.2 Å². The van der Waals surface area contributed by atoms with Crippen molar-refractivity contribution in [2.45, 2.75) is 6.92 Å². The van der Waals surface area contributed by atoms with Gasteiger partial charge in [0.2, 0.25) is 11.1 Å². The normalized spacial score (nSPS) is 11.1. The highest BCUT2D eigenvalue weighted by molar-refractivity contribution is 5.95. The molecular formula is C20H13NO5. The molecule has 4 rings (SSSR count). The van der Waals surface area contributed by atoms with Crippen LogP contribution in [-0.2, 0) is 0 Å². The van der Waals surface area contributed by atoms with Gasteiger partial charge in [-0.15, -0.1) is 0 Å².